The number of anilines is 1. The van der Waals surface area contributed by atoms with Crippen molar-refractivity contribution in [1.82, 2.24) is 9.38 Å². The van der Waals surface area contributed by atoms with Gasteiger partial charge in [0.05, 0.1) is 11.6 Å². The van der Waals surface area contributed by atoms with Gasteiger partial charge in [-0.05, 0) is 5.41 Å². The van der Waals surface area contributed by atoms with Crippen LogP contribution in [-0.2, 0) is 5.88 Å². The molecule has 0 N–H and O–H groups in total. The minimum Gasteiger partial charge on any atom is -0.358 e. The molecule has 0 unspecified atom stereocenters. The number of thiazole rings is 1. The molecular weight excluding hydrogens is 254 g/mol. The van der Waals surface area contributed by atoms with Crippen LogP contribution < -0.4 is 4.90 Å². The van der Waals surface area contributed by atoms with E-state index >= 15 is 0 Å². The fourth-order valence-electron chi connectivity index (χ4n) is 2.04. The van der Waals surface area contributed by atoms with Gasteiger partial charge < -0.3 is 4.90 Å². The summed E-state index contributed by atoms with van der Waals surface area (Å²) in [6.45, 7) is 7.63. The van der Waals surface area contributed by atoms with E-state index in [0.29, 0.717) is 5.88 Å². The van der Waals surface area contributed by atoms with E-state index in [9.17, 15) is 0 Å². The molecule has 0 radical (unpaired) electrons. The van der Waals surface area contributed by atoms with Gasteiger partial charge in [-0.3, -0.25) is 4.40 Å². The van der Waals surface area contributed by atoms with Crippen molar-refractivity contribution in [2.75, 3.05) is 18.5 Å². The fourth-order valence-corrected chi connectivity index (χ4v) is 3.01. The van der Waals surface area contributed by atoms with Gasteiger partial charge in [-0.25, -0.2) is 4.98 Å². The summed E-state index contributed by atoms with van der Waals surface area (Å²) in [6, 6.07) is 0. The molecule has 0 aromatic carbocycles. The molecular formula is C12H18ClN3S. The summed E-state index contributed by atoms with van der Waals surface area (Å²) in [5.41, 5.74) is 1.32. The molecule has 2 aromatic rings. The van der Waals surface area contributed by atoms with Crippen molar-refractivity contribution < 1.29 is 0 Å². The zero-order valence-corrected chi connectivity index (χ0v) is 12.3. The standard InChI is InChI=1S/C12H18ClN3S/c1-12(2,3)8-15(4)10-9(7-13)16-5-6-17-11(16)14-10/h5-6H,7-8H2,1-4H3. The van der Waals surface area contributed by atoms with Gasteiger partial charge in [0.2, 0.25) is 0 Å². The van der Waals surface area contributed by atoms with Crippen LogP contribution in [0.5, 0.6) is 0 Å². The molecule has 0 spiro atoms. The Bertz CT molecular complexity index is 509. The molecule has 17 heavy (non-hydrogen) atoms. The van der Waals surface area contributed by atoms with Gasteiger partial charge in [0.15, 0.2) is 10.8 Å². The molecule has 5 heteroatoms. The zero-order valence-electron chi connectivity index (χ0n) is 10.7. The van der Waals surface area contributed by atoms with Crippen LogP contribution in [0.2, 0.25) is 0 Å². The van der Waals surface area contributed by atoms with Gasteiger partial charge >= 0.3 is 0 Å². The number of hydrogen-bond acceptors (Lipinski definition) is 3. The number of aromatic nitrogens is 2. The van der Waals surface area contributed by atoms with Gasteiger partial charge in [0.1, 0.15) is 0 Å². The predicted octanol–water partition coefficient (Wildman–Crippen LogP) is 3.62. The number of imidazole rings is 1. The average Bonchev–Trinajstić information content (AvgIpc) is 2.72. The summed E-state index contributed by atoms with van der Waals surface area (Å²) in [6.07, 6.45) is 2.03. The van der Waals surface area contributed by atoms with E-state index in [2.05, 4.69) is 42.1 Å². The minimum absolute atomic E-state index is 0.245. The summed E-state index contributed by atoms with van der Waals surface area (Å²) in [4.78, 5) is 7.85. The van der Waals surface area contributed by atoms with Crippen molar-refractivity contribution in [3.8, 4) is 0 Å². The Morgan fingerprint density at radius 2 is 2.18 bits per heavy atom. The van der Waals surface area contributed by atoms with Crippen molar-refractivity contribution in [3.63, 3.8) is 0 Å². The van der Waals surface area contributed by atoms with E-state index in [4.69, 9.17) is 11.6 Å². The lowest BCUT2D eigenvalue weighted by molar-refractivity contribution is 0.418. The Kier molecular flexibility index (Phi) is 3.36. The first-order valence-electron chi connectivity index (χ1n) is 5.64. The maximum atomic E-state index is 6.04. The van der Waals surface area contributed by atoms with Gasteiger partial charge in [0, 0.05) is 25.2 Å². The third kappa shape index (κ3) is 2.58. The number of hydrogen-bond donors (Lipinski definition) is 0. The first-order chi connectivity index (χ1) is 7.92. The Morgan fingerprint density at radius 3 is 2.76 bits per heavy atom. The first kappa shape index (κ1) is 12.7. The minimum atomic E-state index is 0.245. The van der Waals surface area contributed by atoms with Crippen LogP contribution >= 0.6 is 22.9 Å². The lowest BCUT2D eigenvalue weighted by Gasteiger charge is -2.27. The van der Waals surface area contributed by atoms with Crippen molar-refractivity contribution in [3.05, 3.63) is 17.3 Å². The predicted molar refractivity (Wildman–Crippen MR) is 75.4 cm³/mol. The van der Waals surface area contributed by atoms with E-state index in [1.807, 2.05) is 11.6 Å². The van der Waals surface area contributed by atoms with Crippen LogP contribution in [0.1, 0.15) is 26.5 Å². The second-order valence-corrected chi connectivity index (χ2v) is 6.63. The molecule has 0 aliphatic heterocycles. The highest BCUT2D eigenvalue weighted by Gasteiger charge is 2.20. The molecule has 2 rings (SSSR count). The third-order valence-electron chi connectivity index (χ3n) is 2.54. The topological polar surface area (TPSA) is 20.5 Å². The van der Waals surface area contributed by atoms with Crippen LogP contribution in [0.15, 0.2) is 11.6 Å². The van der Waals surface area contributed by atoms with Crippen molar-refractivity contribution in [1.29, 1.82) is 0 Å². The molecule has 0 fully saturated rings. The highest BCUT2D eigenvalue weighted by atomic mass is 35.5. The molecule has 0 saturated heterocycles. The smallest absolute Gasteiger partial charge is 0.195 e. The zero-order chi connectivity index (χ0) is 12.6. The molecule has 0 atom stereocenters. The summed E-state index contributed by atoms with van der Waals surface area (Å²) in [7, 11) is 2.08. The van der Waals surface area contributed by atoms with E-state index < -0.39 is 0 Å². The molecule has 3 nitrogen and oxygen atoms in total. The van der Waals surface area contributed by atoms with Gasteiger partial charge in [0.25, 0.3) is 0 Å². The number of fused-ring (bicyclic) bond motifs is 1. The monoisotopic (exact) mass is 271 g/mol. The van der Waals surface area contributed by atoms with Gasteiger partial charge in [-0.2, -0.15) is 0 Å². The molecule has 94 valence electrons. The summed E-state index contributed by atoms with van der Waals surface area (Å²) >= 11 is 7.68. The molecule has 0 saturated carbocycles. The molecule has 2 heterocycles. The van der Waals surface area contributed by atoms with E-state index in [0.717, 1.165) is 23.0 Å². The van der Waals surface area contributed by atoms with E-state index in [-0.39, 0.29) is 5.41 Å². The first-order valence-corrected chi connectivity index (χ1v) is 7.05. The van der Waals surface area contributed by atoms with Crippen LogP contribution in [0.3, 0.4) is 0 Å². The van der Waals surface area contributed by atoms with E-state index in [1.165, 1.54) is 0 Å². The van der Waals surface area contributed by atoms with Crippen molar-refractivity contribution in [2.45, 2.75) is 26.7 Å². The van der Waals surface area contributed by atoms with Gasteiger partial charge in [-0.15, -0.1) is 22.9 Å². The Balaban J connectivity index is 2.37. The number of rotatable bonds is 3. The van der Waals surface area contributed by atoms with Crippen LogP contribution in [0.4, 0.5) is 5.82 Å². The summed E-state index contributed by atoms with van der Waals surface area (Å²) < 4.78 is 2.08. The number of nitrogens with zero attached hydrogens (tertiary/aromatic N) is 3. The lowest BCUT2D eigenvalue weighted by Crippen LogP contribution is -2.30. The molecule has 0 bridgehead atoms. The molecule has 0 amide bonds. The normalized spacial score (nSPS) is 12.3. The van der Waals surface area contributed by atoms with Crippen molar-refractivity contribution >= 4 is 33.7 Å². The summed E-state index contributed by atoms with van der Waals surface area (Å²) in [5.74, 6) is 1.49. The SMILES string of the molecule is CN(CC(C)(C)C)c1nc2sccn2c1CCl. The maximum absolute atomic E-state index is 6.04. The van der Waals surface area contributed by atoms with E-state index in [1.54, 1.807) is 11.3 Å². The fraction of sp³-hybridized carbons (Fsp3) is 0.583. The Morgan fingerprint density at radius 1 is 1.47 bits per heavy atom. The molecule has 2 aromatic heterocycles. The molecule has 0 aliphatic rings. The second-order valence-electron chi connectivity index (χ2n) is 5.49. The second kappa shape index (κ2) is 4.50. The van der Waals surface area contributed by atoms with Gasteiger partial charge in [-0.1, -0.05) is 20.8 Å². The average molecular weight is 272 g/mol. The Labute approximate surface area is 111 Å². The quantitative estimate of drug-likeness (QED) is 0.795. The third-order valence-corrected chi connectivity index (χ3v) is 3.55. The Hall–Kier alpha value is -0.740. The number of alkyl halides is 1. The number of halogens is 1. The highest BCUT2D eigenvalue weighted by molar-refractivity contribution is 7.15. The lowest BCUT2D eigenvalue weighted by atomic mass is 9.96. The highest BCUT2D eigenvalue weighted by Crippen LogP contribution is 2.27. The van der Waals surface area contributed by atoms with Crippen molar-refractivity contribution in [2.24, 2.45) is 5.41 Å². The maximum Gasteiger partial charge on any atom is 0.195 e. The molecule has 0 aliphatic carbocycles. The summed E-state index contributed by atoms with van der Waals surface area (Å²) in [5, 5.41) is 2.03. The van der Waals surface area contributed by atoms with Crippen LogP contribution in [0.25, 0.3) is 4.96 Å². The largest absolute Gasteiger partial charge is 0.358 e. The van der Waals surface area contributed by atoms with Crippen LogP contribution in [-0.4, -0.2) is 23.0 Å². The van der Waals surface area contributed by atoms with Crippen LogP contribution in [0, 0.1) is 5.41 Å².